The Balaban J connectivity index is 2.28. The summed E-state index contributed by atoms with van der Waals surface area (Å²) in [4.78, 5) is 24.3. The van der Waals surface area contributed by atoms with E-state index in [1.165, 1.54) is 19.1 Å². The molecular formula is C21H22N2O5. The summed E-state index contributed by atoms with van der Waals surface area (Å²) in [6.07, 6.45) is 0. The second-order valence-electron chi connectivity index (χ2n) is 7.01. The lowest BCUT2D eigenvalue weighted by atomic mass is 10.1. The Kier molecular flexibility index (Phi) is 5.00. The normalized spacial score (nSPS) is 11.0. The molecule has 1 aromatic heterocycles. The predicted octanol–water partition coefficient (Wildman–Crippen LogP) is 3.96. The van der Waals surface area contributed by atoms with Gasteiger partial charge in [-0.05, 0) is 56.7 Å². The number of phenols is 1. The maximum Gasteiger partial charge on any atom is 0.235 e. The highest BCUT2D eigenvalue weighted by Gasteiger charge is 2.19. The van der Waals surface area contributed by atoms with E-state index in [2.05, 4.69) is 10.6 Å². The van der Waals surface area contributed by atoms with E-state index in [9.17, 15) is 19.8 Å². The minimum absolute atomic E-state index is 0.0367. The Morgan fingerprint density at radius 3 is 2.46 bits per heavy atom. The minimum atomic E-state index is -0.599. The molecule has 0 atom stereocenters. The van der Waals surface area contributed by atoms with Crippen molar-refractivity contribution in [1.29, 1.82) is 0 Å². The fourth-order valence-electron chi connectivity index (χ4n) is 3.01. The number of phenolic OH excluding ortho intramolecular Hbond substituents is 1. The van der Waals surface area contributed by atoms with E-state index in [4.69, 9.17) is 4.42 Å². The van der Waals surface area contributed by atoms with Crippen molar-refractivity contribution < 1.29 is 19.4 Å². The maximum atomic E-state index is 12.8. The molecule has 0 fully saturated rings. The lowest BCUT2D eigenvalue weighted by Gasteiger charge is -2.14. The van der Waals surface area contributed by atoms with Crippen molar-refractivity contribution in [3.8, 4) is 22.8 Å². The van der Waals surface area contributed by atoms with Gasteiger partial charge in [0, 0.05) is 18.5 Å². The number of fused-ring (bicyclic) bond motifs is 1. The van der Waals surface area contributed by atoms with E-state index < -0.39 is 11.2 Å². The number of aryl methyl sites for hydroxylation is 1. The van der Waals surface area contributed by atoms with Gasteiger partial charge in [0.2, 0.25) is 17.1 Å². The largest absolute Gasteiger partial charge is 0.506 e. The van der Waals surface area contributed by atoms with Crippen molar-refractivity contribution in [2.75, 3.05) is 10.6 Å². The third kappa shape index (κ3) is 3.64. The summed E-state index contributed by atoms with van der Waals surface area (Å²) in [5, 5.41) is 26.4. The highest BCUT2D eigenvalue weighted by molar-refractivity contribution is 5.99. The van der Waals surface area contributed by atoms with Crippen LogP contribution in [0.25, 0.3) is 22.3 Å². The summed E-state index contributed by atoms with van der Waals surface area (Å²) >= 11 is 0. The van der Waals surface area contributed by atoms with Crippen molar-refractivity contribution in [2.45, 2.75) is 33.7 Å². The van der Waals surface area contributed by atoms with E-state index in [1.807, 2.05) is 13.8 Å². The molecule has 0 aliphatic heterocycles. The molecule has 0 aliphatic carbocycles. The van der Waals surface area contributed by atoms with E-state index in [0.29, 0.717) is 16.9 Å². The summed E-state index contributed by atoms with van der Waals surface area (Å²) in [6, 6.07) is 7.93. The van der Waals surface area contributed by atoms with Crippen LogP contribution in [-0.4, -0.2) is 22.2 Å². The van der Waals surface area contributed by atoms with E-state index in [0.717, 1.165) is 5.56 Å². The summed E-state index contributed by atoms with van der Waals surface area (Å²) < 4.78 is 5.87. The number of benzene rings is 2. The fourth-order valence-corrected chi connectivity index (χ4v) is 3.01. The van der Waals surface area contributed by atoms with E-state index in [1.54, 1.807) is 25.1 Å². The lowest BCUT2D eigenvalue weighted by molar-refractivity contribution is -0.114. The third-order valence-electron chi connectivity index (χ3n) is 4.13. The molecule has 0 bridgehead atoms. The summed E-state index contributed by atoms with van der Waals surface area (Å²) in [5.74, 6) is -0.848. The molecule has 0 spiro atoms. The average molecular weight is 382 g/mol. The van der Waals surface area contributed by atoms with E-state index in [-0.39, 0.29) is 34.4 Å². The Hall–Kier alpha value is -3.48. The van der Waals surface area contributed by atoms with Gasteiger partial charge < -0.3 is 25.3 Å². The van der Waals surface area contributed by atoms with Gasteiger partial charge in [0.05, 0.1) is 16.8 Å². The molecule has 0 saturated carbocycles. The number of carbonyl (C=O) groups is 1. The number of nitrogens with one attached hydrogen (secondary N) is 2. The first kappa shape index (κ1) is 19.3. The van der Waals surface area contributed by atoms with Gasteiger partial charge in [0.1, 0.15) is 5.75 Å². The molecule has 0 saturated heterocycles. The molecule has 146 valence electrons. The third-order valence-corrected chi connectivity index (χ3v) is 4.13. The van der Waals surface area contributed by atoms with Gasteiger partial charge in [0.15, 0.2) is 11.3 Å². The molecule has 7 heteroatoms. The van der Waals surface area contributed by atoms with Crippen LogP contribution in [-0.2, 0) is 4.79 Å². The molecule has 2 aromatic carbocycles. The zero-order valence-electron chi connectivity index (χ0n) is 16.1. The fraction of sp³-hybridized carbons (Fsp3) is 0.238. The van der Waals surface area contributed by atoms with Crippen LogP contribution in [0.5, 0.6) is 11.5 Å². The van der Waals surface area contributed by atoms with Crippen LogP contribution in [0.4, 0.5) is 11.4 Å². The van der Waals surface area contributed by atoms with E-state index >= 15 is 0 Å². The van der Waals surface area contributed by atoms with Gasteiger partial charge in [-0.2, -0.15) is 0 Å². The molecule has 7 nitrogen and oxygen atoms in total. The molecule has 1 heterocycles. The number of carbonyl (C=O) groups excluding carboxylic acids is 1. The molecule has 1 amide bonds. The molecule has 0 radical (unpaired) electrons. The number of aromatic hydroxyl groups is 2. The molecule has 0 aliphatic rings. The number of hydrogen-bond donors (Lipinski definition) is 4. The number of anilines is 2. The Morgan fingerprint density at radius 2 is 1.82 bits per heavy atom. The summed E-state index contributed by atoms with van der Waals surface area (Å²) in [7, 11) is 0. The summed E-state index contributed by atoms with van der Waals surface area (Å²) in [6.45, 7) is 6.97. The predicted molar refractivity (Wildman–Crippen MR) is 109 cm³/mol. The maximum absolute atomic E-state index is 12.8. The van der Waals surface area contributed by atoms with Gasteiger partial charge in [-0.3, -0.25) is 9.59 Å². The van der Waals surface area contributed by atoms with Gasteiger partial charge >= 0.3 is 0 Å². The van der Waals surface area contributed by atoms with Crippen LogP contribution < -0.4 is 16.1 Å². The van der Waals surface area contributed by atoms with Crippen LogP contribution in [0.15, 0.2) is 39.5 Å². The van der Waals surface area contributed by atoms with Gasteiger partial charge in [-0.1, -0.05) is 0 Å². The average Bonchev–Trinajstić information content (AvgIpc) is 2.59. The van der Waals surface area contributed by atoms with Crippen LogP contribution in [0.1, 0.15) is 26.3 Å². The first-order valence-corrected chi connectivity index (χ1v) is 8.85. The van der Waals surface area contributed by atoms with Crippen molar-refractivity contribution in [1.82, 2.24) is 0 Å². The first-order chi connectivity index (χ1) is 13.2. The highest BCUT2D eigenvalue weighted by Crippen LogP contribution is 2.36. The van der Waals surface area contributed by atoms with Crippen LogP contribution in [0.3, 0.4) is 0 Å². The SMILES string of the molecule is CC(=O)Nc1cc(C)cc2c(=O)c(O)c(-c3ccc(O)c(NC(C)C)c3)oc12. The number of amides is 1. The molecule has 3 rings (SSSR count). The Labute approximate surface area is 161 Å². The zero-order chi connectivity index (χ0) is 20.6. The topological polar surface area (TPSA) is 112 Å². The monoisotopic (exact) mass is 382 g/mol. The van der Waals surface area contributed by atoms with Gasteiger partial charge in [0.25, 0.3) is 0 Å². The lowest BCUT2D eigenvalue weighted by Crippen LogP contribution is -2.10. The second kappa shape index (κ2) is 7.26. The van der Waals surface area contributed by atoms with Crippen LogP contribution in [0.2, 0.25) is 0 Å². The van der Waals surface area contributed by atoms with Crippen molar-refractivity contribution in [3.05, 3.63) is 46.1 Å². The Morgan fingerprint density at radius 1 is 1.11 bits per heavy atom. The minimum Gasteiger partial charge on any atom is -0.506 e. The number of rotatable bonds is 4. The van der Waals surface area contributed by atoms with Crippen molar-refractivity contribution >= 4 is 28.3 Å². The van der Waals surface area contributed by atoms with Crippen LogP contribution >= 0.6 is 0 Å². The van der Waals surface area contributed by atoms with Gasteiger partial charge in [-0.25, -0.2) is 0 Å². The molecular weight excluding hydrogens is 360 g/mol. The first-order valence-electron chi connectivity index (χ1n) is 8.85. The Bertz CT molecular complexity index is 1130. The highest BCUT2D eigenvalue weighted by atomic mass is 16.4. The summed E-state index contributed by atoms with van der Waals surface area (Å²) in [5.41, 5.74) is 1.51. The quantitative estimate of drug-likeness (QED) is 0.508. The molecule has 3 aromatic rings. The molecule has 0 unspecified atom stereocenters. The second-order valence-corrected chi connectivity index (χ2v) is 7.01. The smallest absolute Gasteiger partial charge is 0.235 e. The van der Waals surface area contributed by atoms with Gasteiger partial charge in [-0.15, -0.1) is 0 Å². The zero-order valence-corrected chi connectivity index (χ0v) is 16.1. The van der Waals surface area contributed by atoms with Crippen LogP contribution in [0, 0.1) is 6.92 Å². The molecule has 4 N–H and O–H groups in total. The van der Waals surface area contributed by atoms with Crippen molar-refractivity contribution in [3.63, 3.8) is 0 Å². The number of hydrogen-bond acceptors (Lipinski definition) is 6. The standard InChI is InChI=1S/C21H22N2O5/c1-10(2)22-15-9-13(5-6-17(15)25)20-19(27)18(26)14-7-11(3)8-16(21(14)28-20)23-12(4)24/h5-10,22,25,27H,1-4H3,(H,23,24). The molecule has 28 heavy (non-hydrogen) atoms. The van der Waals surface area contributed by atoms with Crippen molar-refractivity contribution in [2.24, 2.45) is 0 Å².